The predicted octanol–water partition coefficient (Wildman–Crippen LogP) is 0.870. The van der Waals surface area contributed by atoms with Gasteiger partial charge in [0, 0.05) is 31.2 Å². The Morgan fingerprint density at radius 1 is 1.38 bits per heavy atom. The van der Waals surface area contributed by atoms with Gasteiger partial charge in [-0.2, -0.15) is 0 Å². The van der Waals surface area contributed by atoms with Crippen LogP contribution in [0.5, 0.6) is 0 Å². The standard InChI is InChI=1S/C15H16N4O2/c20-14-9-17-13(8-18-14)15(21)19-6-4-11(10-19)7-12-3-1-2-5-16-12/h1-3,5,8-9,11H,4,6-7,10H2,(H,18,20). The van der Waals surface area contributed by atoms with Crippen LogP contribution >= 0.6 is 0 Å². The number of pyridine rings is 1. The summed E-state index contributed by atoms with van der Waals surface area (Å²) in [7, 11) is 0. The number of H-pyrrole nitrogens is 1. The lowest BCUT2D eigenvalue weighted by atomic mass is 10.0. The smallest absolute Gasteiger partial charge is 0.273 e. The molecule has 2 aromatic rings. The first-order chi connectivity index (χ1) is 10.2. The van der Waals surface area contributed by atoms with Crippen molar-refractivity contribution in [3.8, 4) is 0 Å². The molecule has 3 heterocycles. The van der Waals surface area contributed by atoms with E-state index in [0.29, 0.717) is 12.5 Å². The van der Waals surface area contributed by atoms with Crippen LogP contribution in [0.4, 0.5) is 0 Å². The molecule has 1 amide bonds. The minimum Gasteiger partial charge on any atom is -0.337 e. The highest BCUT2D eigenvalue weighted by molar-refractivity contribution is 5.92. The van der Waals surface area contributed by atoms with Crippen molar-refractivity contribution in [1.29, 1.82) is 0 Å². The molecule has 3 rings (SSSR count). The van der Waals surface area contributed by atoms with Crippen molar-refractivity contribution in [2.75, 3.05) is 13.1 Å². The topological polar surface area (TPSA) is 79.0 Å². The van der Waals surface area contributed by atoms with Crippen LogP contribution in [0.1, 0.15) is 22.6 Å². The number of aromatic nitrogens is 3. The molecule has 1 saturated heterocycles. The summed E-state index contributed by atoms with van der Waals surface area (Å²) in [4.78, 5) is 35.7. The molecule has 0 spiro atoms. The van der Waals surface area contributed by atoms with Gasteiger partial charge in [0.25, 0.3) is 11.5 Å². The lowest BCUT2D eigenvalue weighted by molar-refractivity contribution is 0.0780. The molecule has 21 heavy (non-hydrogen) atoms. The van der Waals surface area contributed by atoms with E-state index in [9.17, 15) is 9.59 Å². The van der Waals surface area contributed by atoms with Gasteiger partial charge < -0.3 is 9.88 Å². The zero-order chi connectivity index (χ0) is 14.7. The summed E-state index contributed by atoms with van der Waals surface area (Å²) < 4.78 is 0. The number of likely N-dealkylation sites (tertiary alicyclic amines) is 1. The molecule has 1 fully saturated rings. The third-order valence-corrected chi connectivity index (χ3v) is 3.69. The maximum Gasteiger partial charge on any atom is 0.273 e. The van der Waals surface area contributed by atoms with E-state index in [1.165, 1.54) is 6.20 Å². The predicted molar refractivity (Wildman–Crippen MR) is 76.8 cm³/mol. The van der Waals surface area contributed by atoms with Crippen molar-refractivity contribution in [2.24, 2.45) is 5.92 Å². The molecule has 1 unspecified atom stereocenters. The van der Waals surface area contributed by atoms with Gasteiger partial charge in [-0.15, -0.1) is 0 Å². The molecule has 0 radical (unpaired) electrons. The zero-order valence-corrected chi connectivity index (χ0v) is 11.5. The Labute approximate surface area is 121 Å². The average molecular weight is 284 g/mol. The summed E-state index contributed by atoms with van der Waals surface area (Å²) in [5.74, 6) is 0.293. The van der Waals surface area contributed by atoms with Crippen molar-refractivity contribution in [2.45, 2.75) is 12.8 Å². The molecule has 1 aliphatic heterocycles. The lowest BCUT2D eigenvalue weighted by Gasteiger charge is -2.15. The Hall–Kier alpha value is -2.50. The van der Waals surface area contributed by atoms with Gasteiger partial charge in [0.05, 0.1) is 6.20 Å². The lowest BCUT2D eigenvalue weighted by Crippen LogP contribution is -2.30. The number of carbonyl (C=O) groups is 1. The largest absolute Gasteiger partial charge is 0.337 e. The normalized spacial score (nSPS) is 17.9. The molecular formula is C15H16N4O2. The molecule has 6 heteroatoms. The van der Waals surface area contributed by atoms with Crippen LogP contribution in [0.2, 0.25) is 0 Å². The van der Waals surface area contributed by atoms with Gasteiger partial charge >= 0.3 is 0 Å². The van der Waals surface area contributed by atoms with Crippen LogP contribution in [-0.2, 0) is 6.42 Å². The summed E-state index contributed by atoms with van der Waals surface area (Å²) >= 11 is 0. The molecule has 0 bridgehead atoms. The van der Waals surface area contributed by atoms with Crippen LogP contribution in [0.3, 0.4) is 0 Å². The molecule has 108 valence electrons. The third-order valence-electron chi connectivity index (χ3n) is 3.69. The van der Waals surface area contributed by atoms with Crippen molar-refractivity contribution in [1.82, 2.24) is 19.9 Å². The molecule has 0 saturated carbocycles. The highest BCUT2D eigenvalue weighted by atomic mass is 16.2. The number of rotatable bonds is 3. The number of nitrogens with one attached hydrogen (secondary N) is 1. The second-order valence-corrected chi connectivity index (χ2v) is 5.23. The van der Waals surface area contributed by atoms with Gasteiger partial charge in [-0.25, -0.2) is 4.98 Å². The van der Waals surface area contributed by atoms with Crippen LogP contribution < -0.4 is 5.56 Å². The van der Waals surface area contributed by atoms with Crippen molar-refractivity contribution < 1.29 is 4.79 Å². The van der Waals surface area contributed by atoms with Crippen molar-refractivity contribution in [3.05, 3.63) is 58.5 Å². The van der Waals surface area contributed by atoms with E-state index in [-0.39, 0.29) is 17.2 Å². The quantitative estimate of drug-likeness (QED) is 0.907. The first-order valence-corrected chi connectivity index (χ1v) is 6.96. The van der Waals surface area contributed by atoms with Gasteiger partial charge in [0.2, 0.25) is 0 Å². The monoisotopic (exact) mass is 284 g/mol. The average Bonchev–Trinajstić information content (AvgIpc) is 2.97. The third kappa shape index (κ3) is 3.16. The second-order valence-electron chi connectivity index (χ2n) is 5.23. The van der Waals surface area contributed by atoms with Crippen molar-refractivity contribution >= 4 is 5.91 Å². The highest BCUT2D eigenvalue weighted by Crippen LogP contribution is 2.21. The number of hydrogen-bond donors (Lipinski definition) is 1. The van der Waals surface area contributed by atoms with Gasteiger partial charge in [-0.05, 0) is 30.9 Å². The van der Waals surface area contributed by atoms with Gasteiger partial charge in [0.1, 0.15) is 5.69 Å². The SMILES string of the molecule is O=C(c1c[nH]c(=O)cn1)N1CCC(Cc2ccccn2)C1. The highest BCUT2D eigenvalue weighted by Gasteiger charge is 2.27. The fourth-order valence-electron chi connectivity index (χ4n) is 2.62. The van der Waals surface area contributed by atoms with E-state index < -0.39 is 0 Å². The Morgan fingerprint density at radius 2 is 2.29 bits per heavy atom. The molecular weight excluding hydrogens is 268 g/mol. The zero-order valence-electron chi connectivity index (χ0n) is 11.5. The number of carbonyl (C=O) groups excluding carboxylic acids is 1. The molecule has 0 aliphatic carbocycles. The molecule has 1 atom stereocenters. The maximum atomic E-state index is 12.3. The minimum absolute atomic E-state index is 0.130. The summed E-state index contributed by atoms with van der Waals surface area (Å²) in [6.45, 7) is 1.42. The Morgan fingerprint density at radius 3 is 3.00 bits per heavy atom. The first-order valence-electron chi connectivity index (χ1n) is 6.96. The fourth-order valence-corrected chi connectivity index (χ4v) is 2.62. The summed E-state index contributed by atoms with van der Waals surface area (Å²) in [6.07, 6.45) is 6.14. The number of nitrogens with zero attached hydrogens (tertiary/aromatic N) is 3. The summed E-state index contributed by atoms with van der Waals surface area (Å²) in [6, 6.07) is 5.88. The maximum absolute atomic E-state index is 12.3. The van der Waals surface area contributed by atoms with Crippen LogP contribution in [0.15, 0.2) is 41.6 Å². The Bertz CT molecular complexity index is 663. The molecule has 6 nitrogen and oxygen atoms in total. The number of aromatic amines is 1. The second kappa shape index (κ2) is 5.87. The Balaban J connectivity index is 1.63. The van der Waals surface area contributed by atoms with E-state index in [1.807, 2.05) is 18.2 Å². The minimum atomic E-state index is -0.305. The van der Waals surface area contributed by atoms with E-state index >= 15 is 0 Å². The molecule has 1 aliphatic rings. The summed E-state index contributed by atoms with van der Waals surface area (Å²) in [5, 5.41) is 0. The van der Waals surface area contributed by atoms with E-state index in [2.05, 4.69) is 15.0 Å². The molecule has 1 N–H and O–H groups in total. The summed E-state index contributed by atoms with van der Waals surface area (Å²) in [5.41, 5.74) is 1.04. The van der Waals surface area contributed by atoms with Gasteiger partial charge in [-0.1, -0.05) is 6.07 Å². The fraction of sp³-hybridized carbons (Fsp3) is 0.333. The van der Waals surface area contributed by atoms with Crippen LogP contribution in [-0.4, -0.2) is 38.8 Å². The van der Waals surface area contributed by atoms with E-state index in [0.717, 1.165) is 31.3 Å². The van der Waals surface area contributed by atoms with E-state index in [1.54, 1.807) is 11.1 Å². The number of amides is 1. The van der Waals surface area contributed by atoms with Crippen molar-refractivity contribution in [3.63, 3.8) is 0 Å². The Kier molecular flexibility index (Phi) is 3.77. The van der Waals surface area contributed by atoms with Gasteiger partial charge in [-0.3, -0.25) is 14.6 Å². The van der Waals surface area contributed by atoms with E-state index in [4.69, 9.17) is 0 Å². The number of hydrogen-bond acceptors (Lipinski definition) is 4. The van der Waals surface area contributed by atoms with Crippen LogP contribution in [0.25, 0.3) is 0 Å². The van der Waals surface area contributed by atoms with Crippen LogP contribution in [0, 0.1) is 5.92 Å². The first kappa shape index (κ1) is 13.5. The molecule has 0 aromatic carbocycles. The molecule has 2 aromatic heterocycles. The van der Waals surface area contributed by atoms with Gasteiger partial charge in [0.15, 0.2) is 0 Å².